The summed E-state index contributed by atoms with van der Waals surface area (Å²) in [7, 11) is 0. The van der Waals surface area contributed by atoms with E-state index in [1.54, 1.807) is 9.91 Å². The Morgan fingerprint density at radius 1 is 0.812 bits per heavy atom. The molecule has 0 aliphatic carbocycles. The number of aromatic nitrogens is 2. The average molecular weight is 426 g/mol. The minimum atomic E-state index is -0.447. The fourth-order valence-electron chi connectivity index (χ4n) is 3.42. The molecule has 32 heavy (non-hydrogen) atoms. The Hall–Kier alpha value is -4.46. The molecule has 8 nitrogen and oxygen atoms in total. The zero-order chi connectivity index (χ0) is 22.3. The molecule has 0 radical (unpaired) electrons. The molecule has 4 aromatic rings. The molecule has 0 fully saturated rings. The molecule has 8 heteroatoms. The lowest BCUT2D eigenvalue weighted by Crippen LogP contribution is -2.27. The van der Waals surface area contributed by atoms with Gasteiger partial charge in [0.1, 0.15) is 6.33 Å². The fourth-order valence-corrected chi connectivity index (χ4v) is 3.42. The van der Waals surface area contributed by atoms with Crippen molar-refractivity contribution in [2.24, 2.45) is 0 Å². The van der Waals surface area contributed by atoms with E-state index in [1.165, 1.54) is 6.33 Å². The van der Waals surface area contributed by atoms with Crippen LogP contribution in [0.25, 0.3) is 0 Å². The van der Waals surface area contributed by atoms with E-state index >= 15 is 0 Å². The summed E-state index contributed by atoms with van der Waals surface area (Å²) in [6, 6.07) is 28.5. The minimum absolute atomic E-state index is 0.0992. The number of nitro groups is 1. The number of anilines is 5. The normalized spacial score (nSPS) is 10.4. The van der Waals surface area contributed by atoms with Crippen LogP contribution in [0.15, 0.2) is 97.3 Å². The van der Waals surface area contributed by atoms with Gasteiger partial charge in [-0.2, -0.15) is 0 Å². The molecule has 0 saturated heterocycles. The maximum atomic E-state index is 12.2. The maximum absolute atomic E-state index is 12.2. The van der Waals surface area contributed by atoms with Gasteiger partial charge in [-0.25, -0.2) is 9.97 Å². The van der Waals surface area contributed by atoms with E-state index in [9.17, 15) is 10.1 Å². The highest BCUT2D eigenvalue weighted by Gasteiger charge is 2.28. The van der Waals surface area contributed by atoms with E-state index in [1.807, 2.05) is 97.9 Å². The zero-order valence-corrected chi connectivity index (χ0v) is 17.5. The first-order valence-electron chi connectivity index (χ1n) is 10.2. The van der Waals surface area contributed by atoms with Crippen molar-refractivity contribution in [1.29, 1.82) is 0 Å². The van der Waals surface area contributed by atoms with Crippen molar-refractivity contribution in [2.75, 3.05) is 21.9 Å². The van der Waals surface area contributed by atoms with Crippen LogP contribution in [0.5, 0.6) is 0 Å². The number of para-hydroxylation sites is 3. The predicted molar refractivity (Wildman–Crippen MR) is 126 cm³/mol. The second kappa shape index (κ2) is 9.57. The zero-order valence-electron chi connectivity index (χ0n) is 17.5. The van der Waals surface area contributed by atoms with E-state index < -0.39 is 4.92 Å². The lowest BCUT2D eigenvalue weighted by Gasteiger charge is -2.27. The Morgan fingerprint density at radius 2 is 1.31 bits per heavy atom. The second-order valence-corrected chi connectivity index (χ2v) is 6.85. The summed E-state index contributed by atoms with van der Waals surface area (Å²) in [5.74, 6) is 0.323. The monoisotopic (exact) mass is 426 g/mol. The molecule has 160 valence electrons. The first-order chi connectivity index (χ1) is 15.7. The summed E-state index contributed by atoms with van der Waals surface area (Å²) >= 11 is 0. The average Bonchev–Trinajstić information content (AvgIpc) is 2.84. The molecule has 1 heterocycles. The molecule has 3 aromatic carbocycles. The van der Waals surface area contributed by atoms with Crippen molar-refractivity contribution >= 4 is 34.4 Å². The largest absolute Gasteiger partial charge is 0.355 e. The van der Waals surface area contributed by atoms with Crippen LogP contribution in [0.4, 0.5) is 34.4 Å². The molecular formula is C24H22N6O2. The summed E-state index contributed by atoms with van der Waals surface area (Å²) < 4.78 is 0. The van der Waals surface area contributed by atoms with Gasteiger partial charge in [-0.1, -0.05) is 54.6 Å². The Balaban J connectivity index is 1.81. The highest BCUT2D eigenvalue weighted by Crippen LogP contribution is 2.37. The second-order valence-electron chi connectivity index (χ2n) is 6.85. The summed E-state index contributed by atoms with van der Waals surface area (Å²) in [6.07, 6.45) is 1.34. The first-order valence-corrected chi connectivity index (χ1v) is 10.2. The number of benzene rings is 3. The third-order valence-electron chi connectivity index (χ3n) is 4.87. The van der Waals surface area contributed by atoms with Gasteiger partial charge >= 0.3 is 5.69 Å². The van der Waals surface area contributed by atoms with Crippen molar-refractivity contribution in [3.63, 3.8) is 0 Å². The van der Waals surface area contributed by atoms with Crippen LogP contribution >= 0.6 is 0 Å². The Labute approximate surface area is 185 Å². The standard InChI is InChI=1S/C24H22N6O2/c1-2-28(19-12-6-3-7-13-19)24-22(30(31)32)23(25-18-26-24)27-29(20-14-8-4-9-15-20)21-16-10-5-11-17-21/h3-18H,2H2,1H3,(H,25,26,27). The fraction of sp³-hybridized carbons (Fsp3) is 0.0833. The number of rotatable bonds is 8. The SMILES string of the molecule is CCN(c1ccccc1)c1ncnc(NN(c2ccccc2)c2ccccc2)c1[N+](=O)[O-]. The van der Waals surface area contributed by atoms with Gasteiger partial charge in [0.25, 0.3) is 0 Å². The van der Waals surface area contributed by atoms with Crippen molar-refractivity contribution in [1.82, 2.24) is 9.97 Å². The van der Waals surface area contributed by atoms with Crippen LogP contribution in [0.1, 0.15) is 6.92 Å². The van der Waals surface area contributed by atoms with Gasteiger partial charge in [0.15, 0.2) is 0 Å². The molecule has 4 rings (SSSR count). The number of hydrogen-bond acceptors (Lipinski definition) is 7. The maximum Gasteiger partial charge on any atom is 0.355 e. The molecule has 0 aliphatic heterocycles. The van der Waals surface area contributed by atoms with Crippen LogP contribution in [-0.4, -0.2) is 21.4 Å². The van der Waals surface area contributed by atoms with Gasteiger partial charge in [-0.05, 0) is 43.3 Å². The van der Waals surface area contributed by atoms with Crippen LogP contribution in [0, 0.1) is 10.1 Å². The van der Waals surface area contributed by atoms with E-state index in [2.05, 4.69) is 15.4 Å². The van der Waals surface area contributed by atoms with Crippen molar-refractivity contribution < 1.29 is 4.92 Å². The summed E-state index contributed by atoms with van der Waals surface area (Å²) in [4.78, 5) is 22.0. The van der Waals surface area contributed by atoms with Crippen LogP contribution in [0.2, 0.25) is 0 Å². The highest BCUT2D eigenvalue weighted by atomic mass is 16.6. The van der Waals surface area contributed by atoms with Crippen LogP contribution < -0.4 is 15.3 Å². The number of nitrogens with zero attached hydrogens (tertiary/aromatic N) is 5. The molecule has 0 amide bonds. The first kappa shape index (κ1) is 20.8. The van der Waals surface area contributed by atoms with Crippen molar-refractivity contribution in [3.8, 4) is 0 Å². The molecule has 0 atom stereocenters. The van der Waals surface area contributed by atoms with Crippen LogP contribution in [0.3, 0.4) is 0 Å². The molecule has 0 saturated carbocycles. The summed E-state index contributed by atoms with van der Waals surface area (Å²) in [5.41, 5.74) is 5.38. The Kier molecular flexibility index (Phi) is 6.22. The van der Waals surface area contributed by atoms with Gasteiger partial charge in [-0.15, -0.1) is 0 Å². The Morgan fingerprint density at radius 3 is 1.78 bits per heavy atom. The van der Waals surface area contributed by atoms with Crippen molar-refractivity contribution in [3.05, 3.63) is 107 Å². The number of hydrogen-bond donors (Lipinski definition) is 1. The quantitative estimate of drug-likeness (QED) is 0.285. The van der Waals surface area contributed by atoms with E-state index in [-0.39, 0.29) is 17.3 Å². The molecule has 0 bridgehead atoms. The smallest absolute Gasteiger partial charge is 0.321 e. The topological polar surface area (TPSA) is 87.4 Å². The lowest BCUT2D eigenvalue weighted by molar-refractivity contribution is -0.383. The van der Waals surface area contributed by atoms with Gasteiger partial charge in [0.2, 0.25) is 11.6 Å². The third-order valence-corrected chi connectivity index (χ3v) is 4.87. The molecular weight excluding hydrogens is 404 g/mol. The van der Waals surface area contributed by atoms with Crippen molar-refractivity contribution in [2.45, 2.75) is 6.92 Å². The molecule has 1 N–H and O–H groups in total. The summed E-state index contributed by atoms with van der Waals surface area (Å²) in [6.45, 7) is 2.43. The minimum Gasteiger partial charge on any atom is -0.321 e. The summed E-state index contributed by atoms with van der Waals surface area (Å²) in [5, 5.41) is 14.0. The van der Waals surface area contributed by atoms with Gasteiger partial charge in [-0.3, -0.25) is 20.5 Å². The predicted octanol–water partition coefficient (Wildman–Crippen LogP) is 5.71. The molecule has 1 aromatic heterocycles. The third kappa shape index (κ3) is 4.34. The molecule has 0 unspecified atom stereocenters. The number of nitrogens with one attached hydrogen (secondary N) is 1. The van der Waals surface area contributed by atoms with Gasteiger partial charge in [0.05, 0.1) is 16.3 Å². The van der Waals surface area contributed by atoms with Crippen LogP contribution in [-0.2, 0) is 0 Å². The lowest BCUT2D eigenvalue weighted by atomic mass is 10.2. The molecule has 0 aliphatic rings. The van der Waals surface area contributed by atoms with Gasteiger partial charge in [0, 0.05) is 12.2 Å². The van der Waals surface area contributed by atoms with E-state index in [0.29, 0.717) is 6.54 Å². The van der Waals surface area contributed by atoms with Gasteiger partial charge < -0.3 is 4.90 Å². The van der Waals surface area contributed by atoms with E-state index in [4.69, 9.17) is 0 Å². The highest BCUT2D eigenvalue weighted by molar-refractivity contribution is 5.78. The van der Waals surface area contributed by atoms with E-state index in [0.717, 1.165) is 17.1 Å². The molecule has 0 spiro atoms. The number of hydrazine groups is 1. The Bertz CT molecular complexity index is 1130.